The molecule has 1 aliphatic heterocycles. The maximum atomic E-state index is 12.0. The maximum Gasteiger partial charge on any atom is 0.255 e. The number of carbonyl (C=O) groups excluding carboxylic acids is 1. The molecule has 0 aliphatic carbocycles. The minimum Gasteiger partial charge on any atom is -0.364 e. The van der Waals surface area contributed by atoms with E-state index in [2.05, 4.69) is 15.3 Å². The van der Waals surface area contributed by atoms with Crippen molar-refractivity contribution in [2.45, 2.75) is 25.0 Å². The fraction of sp³-hybridized carbons (Fsp3) is 0.385. The molecule has 6 heteroatoms. The zero-order valence-electron chi connectivity index (χ0n) is 10.4. The Kier molecular flexibility index (Phi) is 3.18. The van der Waals surface area contributed by atoms with Gasteiger partial charge in [0.05, 0.1) is 17.1 Å². The number of ether oxygens (including phenoxy) is 1. The third kappa shape index (κ3) is 2.45. The van der Waals surface area contributed by atoms with Gasteiger partial charge in [-0.15, -0.1) is 0 Å². The molecular formula is C13H16N4O2. The van der Waals surface area contributed by atoms with Crippen molar-refractivity contribution >= 4 is 22.9 Å². The number of fused-ring (bicyclic) bond motifs is 1. The Hall–Kier alpha value is -1.92. The van der Waals surface area contributed by atoms with Crippen molar-refractivity contribution in [3.8, 4) is 0 Å². The number of hydrogen-bond donors (Lipinski definition) is 3. The van der Waals surface area contributed by atoms with E-state index in [4.69, 9.17) is 10.5 Å². The summed E-state index contributed by atoms with van der Waals surface area (Å²) in [7, 11) is 0. The van der Waals surface area contributed by atoms with Gasteiger partial charge in [0.2, 0.25) is 5.95 Å². The third-order valence-electron chi connectivity index (χ3n) is 3.29. The molecule has 19 heavy (non-hydrogen) atoms. The molecule has 100 valence electrons. The van der Waals surface area contributed by atoms with Crippen molar-refractivity contribution in [1.29, 1.82) is 0 Å². The van der Waals surface area contributed by atoms with Crippen molar-refractivity contribution in [3.05, 3.63) is 24.3 Å². The van der Waals surface area contributed by atoms with Crippen molar-refractivity contribution in [2.75, 3.05) is 11.9 Å². The summed E-state index contributed by atoms with van der Waals surface area (Å²) in [6.45, 7) is 0.453. The smallest absolute Gasteiger partial charge is 0.255 e. The number of anilines is 1. The van der Waals surface area contributed by atoms with Crippen molar-refractivity contribution < 1.29 is 9.53 Å². The summed E-state index contributed by atoms with van der Waals surface area (Å²) < 4.78 is 5.54. The van der Waals surface area contributed by atoms with Crippen LogP contribution in [0.25, 0.3) is 11.0 Å². The van der Waals surface area contributed by atoms with Crippen molar-refractivity contribution in [3.63, 3.8) is 0 Å². The fourth-order valence-corrected chi connectivity index (χ4v) is 2.28. The molecule has 3 rings (SSSR count). The molecule has 1 aromatic carbocycles. The van der Waals surface area contributed by atoms with Crippen LogP contribution in [0.4, 0.5) is 5.95 Å². The fourth-order valence-electron chi connectivity index (χ4n) is 2.28. The van der Waals surface area contributed by atoms with Crippen LogP contribution < -0.4 is 11.1 Å². The number of hydrogen-bond acceptors (Lipinski definition) is 4. The molecular weight excluding hydrogens is 244 g/mol. The first-order valence-corrected chi connectivity index (χ1v) is 6.37. The number of nitrogens with two attached hydrogens (primary N) is 1. The van der Waals surface area contributed by atoms with Crippen LogP contribution in [0.3, 0.4) is 0 Å². The Morgan fingerprint density at radius 1 is 1.47 bits per heavy atom. The number of nitrogens with one attached hydrogen (secondary N) is 2. The lowest BCUT2D eigenvalue weighted by Gasteiger charge is -2.11. The minimum atomic E-state index is -0.429. The van der Waals surface area contributed by atoms with E-state index in [-0.39, 0.29) is 12.0 Å². The molecule has 1 saturated heterocycles. The van der Waals surface area contributed by atoms with Gasteiger partial charge in [-0.3, -0.25) is 10.1 Å². The Bertz CT molecular complexity index is 562. The molecule has 0 spiro atoms. The molecule has 2 heterocycles. The molecule has 0 saturated carbocycles. The number of H-pyrrole nitrogens is 1. The molecule has 0 radical (unpaired) electrons. The number of imidazole rings is 1. The van der Waals surface area contributed by atoms with Crippen LogP contribution in [0, 0.1) is 0 Å². The molecule has 0 bridgehead atoms. The van der Waals surface area contributed by atoms with E-state index in [1.807, 2.05) is 24.3 Å². The molecule has 1 fully saturated rings. The van der Waals surface area contributed by atoms with Gasteiger partial charge in [0.1, 0.15) is 6.10 Å². The van der Waals surface area contributed by atoms with Gasteiger partial charge < -0.3 is 15.5 Å². The standard InChI is InChI=1S/C13H16N4O2/c14-7-8-5-6-11(19-8)12(18)17-13-15-9-3-1-2-4-10(9)16-13/h1-4,8,11H,5-7,14H2,(H2,15,16,17,18)/t8-,11+/m1/s1. The Morgan fingerprint density at radius 2 is 2.32 bits per heavy atom. The van der Waals surface area contributed by atoms with E-state index in [9.17, 15) is 4.79 Å². The number of amides is 1. The number of rotatable bonds is 3. The van der Waals surface area contributed by atoms with E-state index in [1.165, 1.54) is 0 Å². The SMILES string of the molecule is NC[C@H]1CC[C@@H](C(=O)Nc2nc3ccccc3[nH]2)O1. The summed E-state index contributed by atoms with van der Waals surface area (Å²) >= 11 is 0. The summed E-state index contributed by atoms with van der Waals surface area (Å²) in [6.07, 6.45) is 1.09. The second-order valence-electron chi connectivity index (χ2n) is 4.65. The average Bonchev–Trinajstić information content (AvgIpc) is 3.04. The van der Waals surface area contributed by atoms with Gasteiger partial charge in [-0.1, -0.05) is 12.1 Å². The van der Waals surface area contributed by atoms with E-state index < -0.39 is 6.10 Å². The van der Waals surface area contributed by atoms with Gasteiger partial charge in [0, 0.05) is 6.54 Å². The average molecular weight is 260 g/mol. The number of nitrogens with zero attached hydrogens (tertiary/aromatic N) is 1. The highest BCUT2D eigenvalue weighted by atomic mass is 16.5. The topological polar surface area (TPSA) is 93.0 Å². The Balaban J connectivity index is 1.69. The molecule has 6 nitrogen and oxygen atoms in total. The third-order valence-corrected chi connectivity index (χ3v) is 3.29. The number of benzene rings is 1. The first-order valence-electron chi connectivity index (χ1n) is 6.37. The van der Waals surface area contributed by atoms with Gasteiger partial charge in [-0.05, 0) is 25.0 Å². The van der Waals surface area contributed by atoms with E-state index in [0.29, 0.717) is 18.9 Å². The summed E-state index contributed by atoms with van der Waals surface area (Å²) in [5, 5.41) is 2.75. The second-order valence-corrected chi connectivity index (χ2v) is 4.65. The number of aromatic amines is 1. The summed E-state index contributed by atoms with van der Waals surface area (Å²) in [5.74, 6) is 0.279. The highest BCUT2D eigenvalue weighted by Crippen LogP contribution is 2.20. The maximum absolute atomic E-state index is 12.0. The molecule has 2 atom stereocenters. The van der Waals surface area contributed by atoms with Crippen molar-refractivity contribution in [2.24, 2.45) is 5.73 Å². The predicted molar refractivity (Wildman–Crippen MR) is 71.7 cm³/mol. The lowest BCUT2D eigenvalue weighted by Crippen LogP contribution is -2.30. The Labute approximate surface area is 110 Å². The van der Waals surface area contributed by atoms with Crippen LogP contribution >= 0.6 is 0 Å². The lowest BCUT2D eigenvalue weighted by molar-refractivity contribution is -0.126. The number of carbonyl (C=O) groups is 1. The van der Waals surface area contributed by atoms with Gasteiger partial charge in [0.15, 0.2) is 0 Å². The van der Waals surface area contributed by atoms with Crippen molar-refractivity contribution in [1.82, 2.24) is 9.97 Å². The normalized spacial score (nSPS) is 22.8. The zero-order chi connectivity index (χ0) is 13.2. The monoisotopic (exact) mass is 260 g/mol. The van der Waals surface area contributed by atoms with Gasteiger partial charge >= 0.3 is 0 Å². The van der Waals surface area contributed by atoms with Crippen LogP contribution in [0.2, 0.25) is 0 Å². The second kappa shape index (κ2) is 4.99. The van der Waals surface area contributed by atoms with Crippen LogP contribution in [0.5, 0.6) is 0 Å². The molecule has 1 aliphatic rings. The van der Waals surface area contributed by atoms with E-state index in [0.717, 1.165) is 17.5 Å². The van der Waals surface area contributed by atoms with Gasteiger partial charge in [0.25, 0.3) is 5.91 Å². The summed E-state index contributed by atoms with van der Waals surface area (Å²) in [5.41, 5.74) is 7.24. The highest BCUT2D eigenvalue weighted by molar-refractivity contribution is 5.94. The first-order chi connectivity index (χ1) is 9.26. The first kappa shape index (κ1) is 12.1. The van der Waals surface area contributed by atoms with E-state index >= 15 is 0 Å². The van der Waals surface area contributed by atoms with Crippen LogP contribution in [-0.2, 0) is 9.53 Å². The lowest BCUT2D eigenvalue weighted by atomic mass is 10.2. The van der Waals surface area contributed by atoms with Crippen LogP contribution in [0.15, 0.2) is 24.3 Å². The molecule has 4 N–H and O–H groups in total. The van der Waals surface area contributed by atoms with Gasteiger partial charge in [-0.2, -0.15) is 0 Å². The molecule has 0 unspecified atom stereocenters. The minimum absolute atomic E-state index is 0.00794. The quantitative estimate of drug-likeness (QED) is 0.767. The van der Waals surface area contributed by atoms with Gasteiger partial charge in [-0.25, -0.2) is 4.98 Å². The highest BCUT2D eigenvalue weighted by Gasteiger charge is 2.30. The number of para-hydroxylation sites is 2. The largest absolute Gasteiger partial charge is 0.364 e. The molecule has 1 amide bonds. The summed E-state index contributed by atoms with van der Waals surface area (Å²) in [6, 6.07) is 7.62. The predicted octanol–water partition coefficient (Wildman–Crippen LogP) is 1.01. The Morgan fingerprint density at radius 3 is 3.05 bits per heavy atom. The van der Waals surface area contributed by atoms with E-state index in [1.54, 1.807) is 0 Å². The zero-order valence-corrected chi connectivity index (χ0v) is 10.4. The molecule has 2 aromatic rings. The molecule has 1 aromatic heterocycles. The number of aromatic nitrogens is 2. The van der Waals surface area contributed by atoms with Crippen LogP contribution in [-0.4, -0.2) is 34.6 Å². The van der Waals surface area contributed by atoms with Crippen LogP contribution in [0.1, 0.15) is 12.8 Å². The summed E-state index contributed by atoms with van der Waals surface area (Å²) in [4.78, 5) is 19.4.